The first-order valence-electron chi connectivity index (χ1n) is 10.2. The van der Waals surface area contributed by atoms with Crippen molar-refractivity contribution < 1.29 is 9.53 Å². The van der Waals surface area contributed by atoms with Crippen LogP contribution in [0, 0.1) is 5.92 Å². The molecule has 1 atom stereocenters. The van der Waals surface area contributed by atoms with Gasteiger partial charge in [0.1, 0.15) is 5.60 Å². The van der Waals surface area contributed by atoms with Gasteiger partial charge in [-0.15, -0.1) is 0 Å². The van der Waals surface area contributed by atoms with Gasteiger partial charge in [-0.25, -0.2) is 0 Å². The van der Waals surface area contributed by atoms with Gasteiger partial charge in [0.2, 0.25) is 0 Å². The fourth-order valence-electron chi connectivity index (χ4n) is 4.89. The van der Waals surface area contributed by atoms with E-state index in [2.05, 4.69) is 9.88 Å². The molecule has 0 bridgehead atoms. The summed E-state index contributed by atoms with van der Waals surface area (Å²) in [7, 11) is 0. The number of benzene rings is 1. The summed E-state index contributed by atoms with van der Waals surface area (Å²) in [4.78, 5) is 21.9. The average Bonchev–Trinajstić information content (AvgIpc) is 3.19. The molecule has 0 radical (unpaired) electrons. The zero-order chi connectivity index (χ0) is 18.3. The van der Waals surface area contributed by atoms with E-state index in [9.17, 15) is 4.79 Å². The number of hydrogen-bond donors (Lipinski definition) is 0. The third-order valence-corrected chi connectivity index (χ3v) is 6.47. The minimum absolute atomic E-state index is 0.0972. The van der Waals surface area contributed by atoms with Gasteiger partial charge in [-0.05, 0) is 56.8 Å². The molecule has 3 saturated heterocycles. The van der Waals surface area contributed by atoms with E-state index in [0.29, 0.717) is 5.92 Å². The number of para-hydroxylation sites is 1. The van der Waals surface area contributed by atoms with Crippen LogP contribution in [-0.2, 0) is 4.74 Å². The lowest BCUT2D eigenvalue weighted by atomic mass is 9.82. The number of likely N-dealkylation sites (tertiary alicyclic amines) is 2. The Labute approximate surface area is 160 Å². The lowest BCUT2D eigenvalue weighted by molar-refractivity contribution is -0.168. The molecule has 1 spiro atoms. The van der Waals surface area contributed by atoms with Crippen molar-refractivity contribution in [3.8, 4) is 0 Å². The van der Waals surface area contributed by atoms with Gasteiger partial charge >= 0.3 is 0 Å². The second kappa shape index (κ2) is 6.88. The topological polar surface area (TPSA) is 45.7 Å². The Morgan fingerprint density at radius 3 is 2.78 bits per heavy atom. The van der Waals surface area contributed by atoms with E-state index in [1.54, 1.807) is 6.20 Å². The number of carbonyl (C=O) groups is 1. The number of ether oxygens (including phenoxy) is 1. The molecule has 27 heavy (non-hydrogen) atoms. The number of amides is 1. The zero-order valence-electron chi connectivity index (χ0n) is 15.8. The molecule has 1 aromatic carbocycles. The first kappa shape index (κ1) is 17.1. The molecule has 3 aliphatic heterocycles. The summed E-state index contributed by atoms with van der Waals surface area (Å²) in [5.41, 5.74) is 1.52. The van der Waals surface area contributed by atoms with Crippen LogP contribution in [0.3, 0.4) is 0 Å². The van der Waals surface area contributed by atoms with Crippen LogP contribution < -0.4 is 0 Å². The maximum Gasteiger partial charge on any atom is 0.254 e. The Balaban J connectivity index is 1.20. The van der Waals surface area contributed by atoms with Gasteiger partial charge in [-0.2, -0.15) is 0 Å². The standard InChI is InChI=1S/C22H27N3O2/c26-21(19-8-10-23-20-6-2-1-5-18(19)20)25-15-22(16-25)9-7-17(14-27-22)13-24-11-3-4-12-24/h1-2,5-6,8,10,17H,3-4,7,9,11-16H2/t17-/m1/s1. The van der Waals surface area contributed by atoms with E-state index in [1.807, 2.05) is 35.2 Å². The summed E-state index contributed by atoms with van der Waals surface area (Å²) in [6, 6.07) is 9.68. The minimum atomic E-state index is -0.0972. The van der Waals surface area contributed by atoms with Crippen LogP contribution in [0.1, 0.15) is 36.0 Å². The molecule has 0 unspecified atom stereocenters. The van der Waals surface area contributed by atoms with Crippen LogP contribution in [0.4, 0.5) is 0 Å². The van der Waals surface area contributed by atoms with Crippen LogP contribution in [0.2, 0.25) is 0 Å². The maximum atomic E-state index is 13.0. The highest BCUT2D eigenvalue weighted by Crippen LogP contribution is 2.37. The highest BCUT2D eigenvalue weighted by atomic mass is 16.5. The van der Waals surface area contributed by atoms with Crippen LogP contribution in [0.25, 0.3) is 10.9 Å². The predicted molar refractivity (Wildman–Crippen MR) is 105 cm³/mol. The highest BCUT2D eigenvalue weighted by Gasteiger charge is 2.48. The fourth-order valence-corrected chi connectivity index (χ4v) is 4.89. The summed E-state index contributed by atoms with van der Waals surface area (Å²) >= 11 is 0. The van der Waals surface area contributed by atoms with E-state index in [0.717, 1.165) is 42.6 Å². The molecule has 2 aromatic rings. The molecule has 3 fully saturated rings. The molecule has 0 N–H and O–H groups in total. The van der Waals surface area contributed by atoms with Crippen LogP contribution in [0.5, 0.6) is 0 Å². The van der Waals surface area contributed by atoms with Gasteiger partial charge in [0, 0.05) is 18.1 Å². The van der Waals surface area contributed by atoms with Gasteiger partial charge in [0.05, 0.1) is 30.8 Å². The van der Waals surface area contributed by atoms with Crippen molar-refractivity contribution in [3.63, 3.8) is 0 Å². The summed E-state index contributed by atoms with van der Waals surface area (Å²) in [6.07, 6.45) is 6.71. The number of hydrogen-bond acceptors (Lipinski definition) is 4. The lowest BCUT2D eigenvalue weighted by Gasteiger charge is -2.53. The number of pyridine rings is 1. The largest absolute Gasteiger partial charge is 0.371 e. The van der Waals surface area contributed by atoms with Crippen molar-refractivity contribution in [1.29, 1.82) is 0 Å². The van der Waals surface area contributed by atoms with Gasteiger partial charge in [0.15, 0.2) is 0 Å². The van der Waals surface area contributed by atoms with Crippen molar-refractivity contribution in [1.82, 2.24) is 14.8 Å². The zero-order valence-corrected chi connectivity index (χ0v) is 15.8. The maximum absolute atomic E-state index is 13.0. The van der Waals surface area contributed by atoms with Crippen LogP contribution >= 0.6 is 0 Å². The molecular formula is C22H27N3O2. The first-order valence-corrected chi connectivity index (χ1v) is 10.2. The molecule has 0 aliphatic carbocycles. The second-order valence-electron chi connectivity index (χ2n) is 8.44. The Morgan fingerprint density at radius 1 is 1.19 bits per heavy atom. The smallest absolute Gasteiger partial charge is 0.254 e. The molecule has 4 heterocycles. The lowest BCUT2D eigenvalue weighted by Crippen LogP contribution is -2.66. The normalized spacial score (nSPS) is 25.0. The third-order valence-electron chi connectivity index (χ3n) is 6.47. The fraction of sp³-hybridized carbons (Fsp3) is 0.545. The minimum Gasteiger partial charge on any atom is -0.371 e. The molecule has 5 rings (SSSR count). The molecule has 3 aliphatic rings. The Kier molecular flexibility index (Phi) is 4.37. The Morgan fingerprint density at radius 2 is 2.00 bits per heavy atom. The number of rotatable bonds is 3. The quantitative estimate of drug-likeness (QED) is 0.839. The number of nitrogens with zero attached hydrogens (tertiary/aromatic N) is 3. The van der Waals surface area contributed by atoms with E-state index in [-0.39, 0.29) is 11.5 Å². The van der Waals surface area contributed by atoms with E-state index in [4.69, 9.17) is 4.74 Å². The summed E-state index contributed by atoms with van der Waals surface area (Å²) in [5, 5.41) is 0.932. The van der Waals surface area contributed by atoms with Crippen molar-refractivity contribution in [3.05, 3.63) is 42.1 Å². The van der Waals surface area contributed by atoms with E-state index in [1.165, 1.54) is 38.9 Å². The molecule has 1 aromatic heterocycles. The SMILES string of the molecule is O=C(c1ccnc2ccccc12)N1CC2(CC[C@H](CN3CCCC3)CO2)C1. The predicted octanol–water partition coefficient (Wildman–Crippen LogP) is 2.95. The Hall–Kier alpha value is -1.98. The van der Waals surface area contributed by atoms with Crippen molar-refractivity contribution in [2.45, 2.75) is 31.3 Å². The van der Waals surface area contributed by atoms with Gasteiger partial charge in [-0.1, -0.05) is 18.2 Å². The van der Waals surface area contributed by atoms with Crippen molar-refractivity contribution in [2.75, 3.05) is 39.3 Å². The van der Waals surface area contributed by atoms with Crippen molar-refractivity contribution in [2.24, 2.45) is 5.92 Å². The highest BCUT2D eigenvalue weighted by molar-refractivity contribution is 6.06. The van der Waals surface area contributed by atoms with Gasteiger partial charge < -0.3 is 14.5 Å². The molecule has 1 amide bonds. The van der Waals surface area contributed by atoms with E-state index >= 15 is 0 Å². The number of carbonyl (C=O) groups excluding carboxylic acids is 1. The first-order chi connectivity index (χ1) is 13.2. The van der Waals surface area contributed by atoms with Crippen LogP contribution in [0.15, 0.2) is 36.5 Å². The van der Waals surface area contributed by atoms with E-state index < -0.39 is 0 Å². The molecule has 5 nitrogen and oxygen atoms in total. The van der Waals surface area contributed by atoms with Gasteiger partial charge in [0.25, 0.3) is 5.91 Å². The van der Waals surface area contributed by atoms with Gasteiger partial charge in [-0.3, -0.25) is 9.78 Å². The van der Waals surface area contributed by atoms with Crippen molar-refractivity contribution >= 4 is 16.8 Å². The third kappa shape index (κ3) is 3.23. The monoisotopic (exact) mass is 365 g/mol. The summed E-state index contributed by atoms with van der Waals surface area (Å²) < 4.78 is 6.30. The molecular weight excluding hydrogens is 338 g/mol. The average molecular weight is 365 g/mol. The van der Waals surface area contributed by atoms with Crippen LogP contribution in [-0.4, -0.2) is 65.6 Å². The summed E-state index contributed by atoms with van der Waals surface area (Å²) in [5.74, 6) is 0.754. The summed E-state index contributed by atoms with van der Waals surface area (Å²) in [6.45, 7) is 5.98. The number of fused-ring (bicyclic) bond motifs is 1. The molecule has 142 valence electrons. The molecule has 0 saturated carbocycles. The second-order valence-corrected chi connectivity index (χ2v) is 8.44. The molecule has 5 heteroatoms. The Bertz CT molecular complexity index is 825. The number of aromatic nitrogens is 1.